The van der Waals surface area contributed by atoms with E-state index in [2.05, 4.69) is 4.90 Å². The van der Waals surface area contributed by atoms with E-state index in [-0.39, 0.29) is 11.4 Å². The fourth-order valence-corrected chi connectivity index (χ4v) is 2.05. The maximum Gasteiger partial charge on any atom is 0.243 e. The lowest BCUT2D eigenvalue weighted by Crippen LogP contribution is -2.65. The molecule has 2 saturated heterocycles. The third-order valence-electron chi connectivity index (χ3n) is 3.54. The molecule has 14 heavy (non-hydrogen) atoms. The Morgan fingerprint density at radius 1 is 1.29 bits per heavy atom. The first kappa shape index (κ1) is 9.93. The van der Waals surface area contributed by atoms with Crippen molar-refractivity contribution in [2.24, 2.45) is 0 Å². The van der Waals surface area contributed by atoms with Crippen LogP contribution in [0, 0.1) is 0 Å². The molecule has 2 rings (SSSR count). The predicted octanol–water partition coefficient (Wildman–Crippen LogP) is -0.0606. The minimum absolute atomic E-state index is 0.239. The number of likely N-dealkylation sites (N-methyl/N-ethyl adjacent to an activating group) is 1. The summed E-state index contributed by atoms with van der Waals surface area (Å²) >= 11 is 0. The highest BCUT2D eigenvalue weighted by atomic mass is 16.5. The maximum atomic E-state index is 12.1. The van der Waals surface area contributed by atoms with Gasteiger partial charge in [0.25, 0.3) is 0 Å². The van der Waals surface area contributed by atoms with E-state index in [1.54, 1.807) is 0 Å². The zero-order valence-electron chi connectivity index (χ0n) is 8.95. The van der Waals surface area contributed by atoms with Crippen LogP contribution in [-0.4, -0.2) is 61.1 Å². The van der Waals surface area contributed by atoms with Crippen LogP contribution in [0.1, 0.15) is 13.3 Å². The molecule has 2 fully saturated rings. The van der Waals surface area contributed by atoms with Crippen molar-refractivity contribution in [1.82, 2.24) is 9.80 Å². The Bertz CT molecular complexity index is 238. The normalized spacial score (nSPS) is 34.0. The SMILES string of the molecule is CN1CCC1(C)C(=O)N1CCOCC1. The smallest absolute Gasteiger partial charge is 0.243 e. The van der Waals surface area contributed by atoms with Crippen LogP contribution in [0.4, 0.5) is 0 Å². The van der Waals surface area contributed by atoms with Crippen molar-refractivity contribution in [1.29, 1.82) is 0 Å². The average molecular weight is 198 g/mol. The van der Waals surface area contributed by atoms with E-state index in [0.29, 0.717) is 13.2 Å². The van der Waals surface area contributed by atoms with Crippen molar-refractivity contribution in [2.75, 3.05) is 39.9 Å². The summed E-state index contributed by atoms with van der Waals surface area (Å²) in [5.74, 6) is 0.273. The van der Waals surface area contributed by atoms with E-state index < -0.39 is 0 Å². The molecule has 2 aliphatic heterocycles. The molecule has 1 amide bonds. The molecule has 0 aromatic heterocycles. The first-order valence-electron chi connectivity index (χ1n) is 5.23. The van der Waals surface area contributed by atoms with Gasteiger partial charge in [0.05, 0.1) is 18.8 Å². The van der Waals surface area contributed by atoms with Gasteiger partial charge in [-0.2, -0.15) is 0 Å². The van der Waals surface area contributed by atoms with Gasteiger partial charge in [0.1, 0.15) is 0 Å². The number of carbonyl (C=O) groups is 1. The molecule has 1 atom stereocenters. The van der Waals surface area contributed by atoms with Crippen molar-refractivity contribution < 1.29 is 9.53 Å². The molecule has 80 valence electrons. The highest BCUT2D eigenvalue weighted by Crippen LogP contribution is 2.30. The van der Waals surface area contributed by atoms with Gasteiger partial charge in [0.15, 0.2) is 0 Å². The Balaban J connectivity index is 1.99. The van der Waals surface area contributed by atoms with Crippen molar-refractivity contribution in [2.45, 2.75) is 18.9 Å². The first-order valence-corrected chi connectivity index (χ1v) is 5.23. The lowest BCUT2D eigenvalue weighted by atomic mass is 9.86. The quantitative estimate of drug-likeness (QED) is 0.592. The molecule has 0 radical (unpaired) electrons. The molecule has 1 unspecified atom stereocenters. The summed E-state index contributed by atoms with van der Waals surface area (Å²) in [5, 5.41) is 0. The minimum Gasteiger partial charge on any atom is -0.378 e. The lowest BCUT2D eigenvalue weighted by molar-refractivity contribution is -0.154. The molecule has 0 spiro atoms. The second kappa shape index (κ2) is 3.51. The zero-order valence-corrected chi connectivity index (χ0v) is 8.95. The van der Waals surface area contributed by atoms with Crippen molar-refractivity contribution >= 4 is 5.91 Å². The Labute approximate surface area is 84.8 Å². The standard InChI is InChI=1S/C10H18N2O2/c1-10(3-4-11(10)2)9(13)12-5-7-14-8-6-12/h3-8H2,1-2H3. The number of morpholine rings is 1. The molecule has 0 aromatic carbocycles. The van der Waals surface area contributed by atoms with Gasteiger partial charge in [-0.05, 0) is 20.4 Å². The lowest BCUT2D eigenvalue weighted by Gasteiger charge is -2.49. The number of hydrogen-bond acceptors (Lipinski definition) is 3. The van der Waals surface area contributed by atoms with Crippen LogP contribution in [-0.2, 0) is 9.53 Å². The Morgan fingerprint density at radius 3 is 2.36 bits per heavy atom. The summed E-state index contributed by atoms with van der Waals surface area (Å²) in [7, 11) is 2.02. The number of ether oxygens (including phenoxy) is 1. The van der Waals surface area contributed by atoms with Crippen molar-refractivity contribution in [3.63, 3.8) is 0 Å². The molecule has 2 aliphatic rings. The monoisotopic (exact) mass is 198 g/mol. The van der Waals surface area contributed by atoms with Crippen LogP contribution in [0.25, 0.3) is 0 Å². The molecular formula is C10H18N2O2. The van der Waals surface area contributed by atoms with E-state index in [9.17, 15) is 4.79 Å². The van der Waals surface area contributed by atoms with Gasteiger partial charge in [-0.1, -0.05) is 0 Å². The third kappa shape index (κ3) is 1.42. The molecule has 0 bridgehead atoms. The van der Waals surface area contributed by atoms with Crippen LogP contribution >= 0.6 is 0 Å². The summed E-state index contributed by atoms with van der Waals surface area (Å²) in [5.41, 5.74) is -0.239. The first-order chi connectivity index (χ1) is 6.64. The van der Waals surface area contributed by atoms with Gasteiger partial charge >= 0.3 is 0 Å². The highest BCUT2D eigenvalue weighted by Gasteiger charge is 2.46. The van der Waals surface area contributed by atoms with E-state index in [4.69, 9.17) is 4.74 Å². The molecule has 4 heteroatoms. The summed E-state index contributed by atoms with van der Waals surface area (Å²) in [6.45, 7) is 5.95. The van der Waals surface area contributed by atoms with Gasteiger partial charge in [-0.25, -0.2) is 0 Å². The topological polar surface area (TPSA) is 32.8 Å². The summed E-state index contributed by atoms with van der Waals surface area (Å²) in [6.07, 6.45) is 0.986. The molecular weight excluding hydrogens is 180 g/mol. The average Bonchev–Trinajstić information content (AvgIpc) is 2.26. The van der Waals surface area contributed by atoms with Gasteiger partial charge in [0, 0.05) is 19.6 Å². The highest BCUT2D eigenvalue weighted by molar-refractivity contribution is 5.87. The van der Waals surface area contributed by atoms with Gasteiger partial charge < -0.3 is 9.64 Å². The number of carbonyl (C=O) groups excluding carboxylic acids is 1. The molecule has 2 heterocycles. The van der Waals surface area contributed by atoms with E-state index in [1.165, 1.54) is 0 Å². The summed E-state index contributed by atoms with van der Waals surface area (Å²) in [4.78, 5) is 16.2. The van der Waals surface area contributed by atoms with E-state index >= 15 is 0 Å². The van der Waals surface area contributed by atoms with Crippen molar-refractivity contribution in [3.8, 4) is 0 Å². The van der Waals surface area contributed by atoms with Gasteiger partial charge in [-0.15, -0.1) is 0 Å². The van der Waals surface area contributed by atoms with Crippen LogP contribution in [0.15, 0.2) is 0 Å². The number of rotatable bonds is 1. The number of nitrogens with zero attached hydrogens (tertiary/aromatic N) is 2. The number of likely N-dealkylation sites (tertiary alicyclic amines) is 1. The Morgan fingerprint density at radius 2 is 1.93 bits per heavy atom. The second-order valence-electron chi connectivity index (χ2n) is 4.35. The predicted molar refractivity (Wildman–Crippen MR) is 53.1 cm³/mol. The van der Waals surface area contributed by atoms with Crippen LogP contribution < -0.4 is 0 Å². The third-order valence-corrected chi connectivity index (χ3v) is 3.54. The molecule has 0 aliphatic carbocycles. The van der Waals surface area contributed by atoms with E-state index in [0.717, 1.165) is 26.1 Å². The van der Waals surface area contributed by atoms with E-state index in [1.807, 2.05) is 18.9 Å². The molecule has 0 aromatic rings. The molecule has 4 nitrogen and oxygen atoms in total. The second-order valence-corrected chi connectivity index (χ2v) is 4.35. The summed E-state index contributed by atoms with van der Waals surface area (Å²) < 4.78 is 5.23. The fourth-order valence-electron chi connectivity index (χ4n) is 2.05. The largest absolute Gasteiger partial charge is 0.378 e. The van der Waals surface area contributed by atoms with Gasteiger partial charge in [-0.3, -0.25) is 9.69 Å². The molecule has 0 N–H and O–H groups in total. The van der Waals surface area contributed by atoms with Crippen LogP contribution in [0.2, 0.25) is 0 Å². The van der Waals surface area contributed by atoms with Gasteiger partial charge in [0.2, 0.25) is 5.91 Å². The van der Waals surface area contributed by atoms with Crippen LogP contribution in [0.5, 0.6) is 0 Å². The van der Waals surface area contributed by atoms with Crippen molar-refractivity contribution in [3.05, 3.63) is 0 Å². The number of amides is 1. The Hall–Kier alpha value is -0.610. The maximum absolute atomic E-state index is 12.1. The molecule has 0 saturated carbocycles. The fraction of sp³-hybridized carbons (Fsp3) is 0.900. The zero-order chi connectivity index (χ0) is 10.2. The van der Waals surface area contributed by atoms with Crippen LogP contribution in [0.3, 0.4) is 0 Å². The minimum atomic E-state index is -0.239. The number of hydrogen-bond donors (Lipinski definition) is 0. The summed E-state index contributed by atoms with van der Waals surface area (Å²) in [6, 6.07) is 0. The Kier molecular flexibility index (Phi) is 2.49.